The highest BCUT2D eigenvalue weighted by atomic mass is 16.2. The van der Waals surface area contributed by atoms with Crippen molar-refractivity contribution in [2.75, 3.05) is 6.54 Å². The summed E-state index contributed by atoms with van der Waals surface area (Å²) >= 11 is 0. The van der Waals surface area contributed by atoms with Crippen molar-refractivity contribution in [2.24, 2.45) is 12.5 Å². The van der Waals surface area contributed by atoms with E-state index in [0.717, 1.165) is 25.2 Å². The van der Waals surface area contributed by atoms with Gasteiger partial charge in [0.15, 0.2) is 5.82 Å². The number of rotatable bonds is 1. The molecule has 1 atom stereocenters. The fourth-order valence-corrected chi connectivity index (χ4v) is 2.30. The summed E-state index contributed by atoms with van der Waals surface area (Å²) in [5.41, 5.74) is -0.332. The van der Waals surface area contributed by atoms with Crippen LogP contribution in [0.3, 0.4) is 0 Å². The Hall–Kier alpha value is -1.39. The van der Waals surface area contributed by atoms with Crippen molar-refractivity contribution < 1.29 is 4.79 Å². The van der Waals surface area contributed by atoms with E-state index in [1.165, 1.54) is 0 Å². The minimum Gasteiger partial charge on any atom is -0.332 e. The summed E-state index contributed by atoms with van der Waals surface area (Å²) in [5.74, 6) is 1.09. The molecule has 0 aromatic carbocycles. The molecule has 0 aliphatic carbocycles. The number of likely N-dealkylation sites (tertiary alicyclic amines) is 1. The molecule has 0 saturated carbocycles. The third-order valence-corrected chi connectivity index (χ3v) is 3.20. The molecule has 0 bridgehead atoms. The van der Waals surface area contributed by atoms with Gasteiger partial charge in [-0.2, -0.15) is 0 Å². The monoisotopic (exact) mass is 236 g/mol. The minimum absolute atomic E-state index is 0.0919. The molecule has 94 valence electrons. The Balaban J connectivity index is 2.25. The molecule has 0 spiro atoms. The van der Waals surface area contributed by atoms with E-state index in [2.05, 4.69) is 10.2 Å². The van der Waals surface area contributed by atoms with Crippen LogP contribution >= 0.6 is 0 Å². The minimum atomic E-state index is -0.332. The largest absolute Gasteiger partial charge is 0.332 e. The number of amides is 1. The summed E-state index contributed by atoms with van der Waals surface area (Å²) in [6, 6.07) is 0.0919. The zero-order valence-electron chi connectivity index (χ0n) is 11.0. The Kier molecular flexibility index (Phi) is 2.93. The zero-order valence-corrected chi connectivity index (χ0v) is 11.0. The van der Waals surface area contributed by atoms with Crippen LogP contribution in [0.4, 0.5) is 0 Å². The maximum absolute atomic E-state index is 12.4. The highest BCUT2D eigenvalue weighted by Gasteiger charge is 2.37. The second-order valence-electron chi connectivity index (χ2n) is 5.71. The molecular weight excluding hydrogens is 216 g/mol. The zero-order chi connectivity index (χ0) is 12.6. The second kappa shape index (κ2) is 4.13. The first-order valence-electron chi connectivity index (χ1n) is 6.06. The molecule has 0 N–H and O–H groups in total. The summed E-state index contributed by atoms with van der Waals surface area (Å²) < 4.78 is 1.90. The van der Waals surface area contributed by atoms with Crippen LogP contribution in [-0.4, -0.2) is 32.1 Å². The molecule has 1 saturated heterocycles. The van der Waals surface area contributed by atoms with Gasteiger partial charge in [0.25, 0.3) is 0 Å². The van der Waals surface area contributed by atoms with Crippen LogP contribution in [0, 0.1) is 5.41 Å². The van der Waals surface area contributed by atoms with Crippen molar-refractivity contribution >= 4 is 5.91 Å². The number of aromatic nitrogens is 3. The predicted molar refractivity (Wildman–Crippen MR) is 64.1 cm³/mol. The van der Waals surface area contributed by atoms with E-state index < -0.39 is 0 Å². The molecule has 1 amide bonds. The first-order valence-corrected chi connectivity index (χ1v) is 6.06. The Morgan fingerprint density at radius 3 is 2.71 bits per heavy atom. The lowest BCUT2D eigenvalue weighted by Gasteiger charge is -2.30. The number of carbonyl (C=O) groups is 1. The summed E-state index contributed by atoms with van der Waals surface area (Å²) in [6.45, 7) is 6.71. The predicted octanol–water partition coefficient (Wildman–Crippen LogP) is 1.52. The quantitative estimate of drug-likeness (QED) is 0.743. The van der Waals surface area contributed by atoms with E-state index >= 15 is 0 Å². The molecule has 1 unspecified atom stereocenters. The van der Waals surface area contributed by atoms with Gasteiger partial charge in [-0.25, -0.2) is 0 Å². The van der Waals surface area contributed by atoms with Gasteiger partial charge in [0, 0.05) is 19.0 Å². The smallest absolute Gasteiger partial charge is 0.228 e. The molecule has 1 aromatic heterocycles. The standard InChI is InChI=1S/C12H20N4O/c1-12(2,3)11(17)16-7-5-6-9(16)10-14-13-8-15(10)4/h8-9H,5-7H2,1-4H3. The van der Waals surface area contributed by atoms with Gasteiger partial charge >= 0.3 is 0 Å². The molecule has 1 aliphatic heterocycles. The summed E-state index contributed by atoms with van der Waals surface area (Å²) in [6.07, 6.45) is 3.71. The van der Waals surface area contributed by atoms with E-state index in [9.17, 15) is 4.79 Å². The van der Waals surface area contributed by atoms with Crippen molar-refractivity contribution in [3.8, 4) is 0 Å². The summed E-state index contributed by atoms with van der Waals surface area (Å²) in [4.78, 5) is 14.3. The van der Waals surface area contributed by atoms with Crippen LogP contribution in [-0.2, 0) is 11.8 Å². The molecule has 2 rings (SSSR count). The second-order valence-corrected chi connectivity index (χ2v) is 5.71. The van der Waals surface area contributed by atoms with Crippen molar-refractivity contribution in [1.82, 2.24) is 19.7 Å². The fraction of sp³-hybridized carbons (Fsp3) is 0.750. The number of aryl methyl sites for hydroxylation is 1. The van der Waals surface area contributed by atoms with Crippen LogP contribution in [0.5, 0.6) is 0 Å². The Labute approximate surface area is 102 Å². The maximum Gasteiger partial charge on any atom is 0.228 e. The molecule has 5 nitrogen and oxygen atoms in total. The lowest BCUT2D eigenvalue weighted by Crippen LogP contribution is -2.39. The SMILES string of the molecule is Cn1cnnc1C1CCCN1C(=O)C(C)(C)C. The molecule has 2 heterocycles. The fourth-order valence-electron chi connectivity index (χ4n) is 2.30. The first-order chi connectivity index (χ1) is 7.91. The van der Waals surface area contributed by atoms with E-state index in [4.69, 9.17) is 0 Å². The molecule has 1 aromatic rings. The van der Waals surface area contributed by atoms with Gasteiger partial charge in [0.2, 0.25) is 5.91 Å². The van der Waals surface area contributed by atoms with Crippen molar-refractivity contribution in [3.05, 3.63) is 12.2 Å². The Bertz CT molecular complexity index is 418. The van der Waals surface area contributed by atoms with Crippen LogP contribution in [0.1, 0.15) is 45.5 Å². The number of nitrogens with zero attached hydrogens (tertiary/aromatic N) is 4. The van der Waals surface area contributed by atoms with Gasteiger partial charge in [-0.1, -0.05) is 20.8 Å². The van der Waals surface area contributed by atoms with E-state index in [0.29, 0.717) is 0 Å². The van der Waals surface area contributed by atoms with E-state index in [-0.39, 0.29) is 17.4 Å². The van der Waals surface area contributed by atoms with Crippen LogP contribution in [0.2, 0.25) is 0 Å². The molecule has 5 heteroatoms. The van der Waals surface area contributed by atoms with Gasteiger partial charge in [-0.15, -0.1) is 10.2 Å². The van der Waals surface area contributed by atoms with Gasteiger partial charge in [0.1, 0.15) is 6.33 Å². The molecule has 1 aliphatic rings. The van der Waals surface area contributed by atoms with Gasteiger partial charge in [0.05, 0.1) is 6.04 Å². The average Bonchev–Trinajstić information content (AvgIpc) is 2.82. The first kappa shape index (κ1) is 12.1. The van der Waals surface area contributed by atoms with Crippen molar-refractivity contribution in [3.63, 3.8) is 0 Å². The van der Waals surface area contributed by atoms with E-state index in [1.807, 2.05) is 37.3 Å². The lowest BCUT2D eigenvalue weighted by molar-refractivity contribution is -0.140. The highest BCUT2D eigenvalue weighted by molar-refractivity contribution is 5.82. The molecule has 0 radical (unpaired) electrons. The van der Waals surface area contributed by atoms with Crippen LogP contribution in [0.15, 0.2) is 6.33 Å². The Morgan fingerprint density at radius 2 is 2.18 bits per heavy atom. The van der Waals surface area contributed by atoms with Crippen LogP contribution in [0.25, 0.3) is 0 Å². The van der Waals surface area contributed by atoms with Gasteiger partial charge in [-0.3, -0.25) is 4.79 Å². The molecule has 1 fully saturated rings. The Morgan fingerprint density at radius 1 is 1.47 bits per heavy atom. The third-order valence-electron chi connectivity index (χ3n) is 3.20. The molecular formula is C12H20N4O. The number of carbonyl (C=O) groups excluding carboxylic acids is 1. The normalized spacial score (nSPS) is 20.9. The van der Waals surface area contributed by atoms with Crippen molar-refractivity contribution in [1.29, 1.82) is 0 Å². The maximum atomic E-state index is 12.4. The summed E-state index contributed by atoms with van der Waals surface area (Å²) in [5, 5.41) is 8.03. The van der Waals surface area contributed by atoms with Crippen LogP contribution < -0.4 is 0 Å². The highest BCUT2D eigenvalue weighted by Crippen LogP contribution is 2.33. The van der Waals surface area contributed by atoms with Gasteiger partial charge in [-0.05, 0) is 12.8 Å². The molecule has 17 heavy (non-hydrogen) atoms. The lowest BCUT2D eigenvalue weighted by atomic mass is 9.94. The van der Waals surface area contributed by atoms with E-state index in [1.54, 1.807) is 6.33 Å². The summed E-state index contributed by atoms with van der Waals surface area (Å²) in [7, 11) is 1.92. The van der Waals surface area contributed by atoms with Crippen molar-refractivity contribution in [2.45, 2.75) is 39.7 Å². The average molecular weight is 236 g/mol. The number of hydrogen-bond acceptors (Lipinski definition) is 3. The third kappa shape index (κ3) is 2.18. The number of hydrogen-bond donors (Lipinski definition) is 0. The topological polar surface area (TPSA) is 51.0 Å². The van der Waals surface area contributed by atoms with Gasteiger partial charge < -0.3 is 9.47 Å².